The Morgan fingerprint density at radius 3 is 2.50 bits per heavy atom. The van der Waals surface area contributed by atoms with Crippen molar-refractivity contribution < 1.29 is 22.4 Å². The van der Waals surface area contributed by atoms with Gasteiger partial charge in [0, 0.05) is 12.0 Å². The predicted octanol–water partition coefficient (Wildman–Crippen LogP) is 4.86. The molecule has 28 heavy (non-hydrogen) atoms. The first-order chi connectivity index (χ1) is 12.9. The first-order valence-electron chi connectivity index (χ1n) is 8.87. The van der Waals surface area contributed by atoms with Gasteiger partial charge in [-0.3, -0.25) is 10.1 Å². The van der Waals surface area contributed by atoms with Gasteiger partial charge in [0.15, 0.2) is 5.82 Å². The Balaban J connectivity index is 2.04. The molecule has 150 valence electrons. The zero-order chi connectivity index (χ0) is 20.9. The van der Waals surface area contributed by atoms with Crippen molar-refractivity contribution in [1.29, 1.82) is 5.26 Å². The predicted molar refractivity (Wildman–Crippen MR) is 95.0 cm³/mol. The van der Waals surface area contributed by atoms with E-state index < -0.39 is 35.3 Å². The number of fused-ring (bicyclic) bond motifs is 1. The maximum atomic E-state index is 14.4. The monoisotopic (exact) mass is 396 g/mol. The fourth-order valence-corrected chi connectivity index (χ4v) is 3.41. The number of rotatable bonds is 4. The number of halogens is 4. The van der Waals surface area contributed by atoms with Crippen LogP contribution < -0.4 is 5.32 Å². The minimum Gasteiger partial charge on any atom is -0.304 e. The van der Waals surface area contributed by atoms with Crippen molar-refractivity contribution in [3.05, 3.63) is 23.5 Å². The lowest BCUT2D eigenvalue weighted by atomic mass is 9.78. The van der Waals surface area contributed by atoms with Gasteiger partial charge in [-0.15, -0.1) is 0 Å². The molecule has 1 aromatic heterocycles. The number of carbonyl (C=O) groups is 1. The van der Waals surface area contributed by atoms with E-state index in [0.717, 1.165) is 39.2 Å². The smallest absolute Gasteiger partial charge is 0.304 e. The number of nitriles is 1. The third-order valence-corrected chi connectivity index (χ3v) is 5.43. The minimum atomic E-state index is -4.54. The van der Waals surface area contributed by atoms with Gasteiger partial charge >= 0.3 is 6.18 Å². The van der Waals surface area contributed by atoms with Crippen molar-refractivity contribution in [1.82, 2.24) is 9.55 Å². The number of nitrogens with one attached hydrogen (secondary N) is 1. The lowest BCUT2D eigenvalue weighted by molar-refractivity contribution is -0.213. The molecule has 0 saturated heterocycles. The van der Waals surface area contributed by atoms with E-state index in [9.17, 15) is 22.4 Å². The van der Waals surface area contributed by atoms with Crippen molar-refractivity contribution in [3.63, 3.8) is 0 Å². The summed E-state index contributed by atoms with van der Waals surface area (Å²) in [6, 6.07) is 4.40. The normalized spacial score (nSPS) is 16.5. The summed E-state index contributed by atoms with van der Waals surface area (Å²) >= 11 is 0. The minimum absolute atomic E-state index is 0.00540. The molecule has 1 fully saturated rings. The molecule has 1 saturated carbocycles. The Bertz CT molecular complexity index is 980. The fraction of sp³-hybridized carbons (Fsp3) is 0.526. The standard InChI is InChI=1S/C19H20F4N4O/c1-17(2,19(21,22)23)9-14(28)25-16-26-15-12(20)7-11(10-24)8-13(15)27(16)18(3)5-4-6-18/h7-8H,4-6,9H2,1-3H3,(H,25,26,28). The van der Waals surface area contributed by atoms with Crippen molar-refractivity contribution >= 4 is 22.9 Å². The summed E-state index contributed by atoms with van der Waals surface area (Å²) in [4.78, 5) is 16.5. The fourth-order valence-electron chi connectivity index (χ4n) is 3.41. The molecule has 0 radical (unpaired) electrons. The molecule has 1 amide bonds. The lowest BCUT2D eigenvalue weighted by Crippen LogP contribution is -2.39. The van der Waals surface area contributed by atoms with Crippen LogP contribution >= 0.6 is 0 Å². The van der Waals surface area contributed by atoms with Gasteiger partial charge in [-0.1, -0.05) is 13.8 Å². The van der Waals surface area contributed by atoms with Crippen molar-refractivity contribution in [2.24, 2.45) is 5.41 Å². The molecule has 0 spiro atoms. The first-order valence-corrected chi connectivity index (χ1v) is 8.87. The van der Waals surface area contributed by atoms with Crippen LogP contribution in [-0.4, -0.2) is 21.6 Å². The second-order valence-electron chi connectivity index (χ2n) is 8.17. The highest BCUT2D eigenvalue weighted by molar-refractivity contribution is 5.92. The summed E-state index contributed by atoms with van der Waals surface area (Å²) in [5.74, 6) is -1.58. The molecule has 0 bridgehead atoms. The Labute approximate surface area is 159 Å². The molecule has 1 heterocycles. The first kappa shape index (κ1) is 20.1. The second-order valence-corrected chi connectivity index (χ2v) is 8.17. The molecule has 1 N–H and O–H groups in total. The summed E-state index contributed by atoms with van der Waals surface area (Å²) in [6.45, 7) is 3.80. The largest absolute Gasteiger partial charge is 0.394 e. The summed E-state index contributed by atoms with van der Waals surface area (Å²) in [5.41, 5.74) is -2.27. The number of amides is 1. The zero-order valence-electron chi connectivity index (χ0n) is 15.7. The molecule has 0 unspecified atom stereocenters. The highest BCUT2D eigenvalue weighted by Gasteiger charge is 2.48. The van der Waals surface area contributed by atoms with E-state index in [1.54, 1.807) is 4.57 Å². The van der Waals surface area contributed by atoms with E-state index in [4.69, 9.17) is 5.26 Å². The van der Waals surface area contributed by atoms with E-state index >= 15 is 0 Å². The van der Waals surface area contributed by atoms with Gasteiger partial charge in [0.1, 0.15) is 5.52 Å². The highest BCUT2D eigenvalue weighted by Crippen LogP contribution is 2.44. The van der Waals surface area contributed by atoms with Gasteiger partial charge in [0.25, 0.3) is 0 Å². The zero-order valence-corrected chi connectivity index (χ0v) is 15.7. The van der Waals surface area contributed by atoms with Gasteiger partial charge < -0.3 is 4.57 Å². The van der Waals surface area contributed by atoms with Crippen molar-refractivity contribution in [3.8, 4) is 6.07 Å². The summed E-state index contributed by atoms with van der Waals surface area (Å²) < 4.78 is 55.3. The molecule has 3 rings (SSSR count). The maximum absolute atomic E-state index is 14.4. The van der Waals surface area contributed by atoms with Gasteiger partial charge in [-0.25, -0.2) is 9.37 Å². The average molecular weight is 396 g/mol. The number of aromatic nitrogens is 2. The molecular formula is C19H20F4N4O. The van der Waals surface area contributed by atoms with Crippen LogP contribution in [-0.2, 0) is 10.3 Å². The molecule has 1 aliphatic rings. The molecule has 5 nitrogen and oxygen atoms in total. The third kappa shape index (κ3) is 3.32. The Kier molecular flexibility index (Phi) is 4.64. The topological polar surface area (TPSA) is 70.7 Å². The van der Waals surface area contributed by atoms with E-state index in [1.807, 2.05) is 13.0 Å². The van der Waals surface area contributed by atoms with Crippen LogP contribution in [0, 0.1) is 22.6 Å². The molecule has 2 aromatic rings. The average Bonchev–Trinajstić information content (AvgIpc) is 2.89. The highest BCUT2D eigenvalue weighted by atomic mass is 19.4. The van der Waals surface area contributed by atoms with Crippen LogP contribution in [0.1, 0.15) is 52.0 Å². The van der Waals surface area contributed by atoms with E-state index in [0.29, 0.717) is 5.52 Å². The van der Waals surface area contributed by atoms with E-state index in [2.05, 4.69) is 10.3 Å². The Hall–Kier alpha value is -2.63. The van der Waals surface area contributed by atoms with E-state index in [1.165, 1.54) is 6.07 Å². The lowest BCUT2D eigenvalue weighted by Gasteiger charge is -2.41. The number of alkyl halides is 3. The van der Waals surface area contributed by atoms with Crippen molar-refractivity contribution in [2.75, 3.05) is 5.32 Å². The quantitative estimate of drug-likeness (QED) is 0.750. The Morgan fingerprint density at radius 2 is 2.00 bits per heavy atom. The molecule has 1 aliphatic carbocycles. The van der Waals surface area contributed by atoms with Crippen LogP contribution in [0.2, 0.25) is 0 Å². The van der Waals surface area contributed by atoms with Crippen LogP contribution in [0.25, 0.3) is 11.0 Å². The van der Waals surface area contributed by atoms with E-state index in [-0.39, 0.29) is 17.0 Å². The van der Waals surface area contributed by atoms with Crippen molar-refractivity contribution in [2.45, 2.75) is 58.2 Å². The van der Waals surface area contributed by atoms with Gasteiger partial charge in [0.2, 0.25) is 11.9 Å². The maximum Gasteiger partial charge on any atom is 0.394 e. The second kappa shape index (κ2) is 6.47. The molecule has 9 heteroatoms. The molecule has 0 atom stereocenters. The number of anilines is 1. The number of hydrogen-bond acceptors (Lipinski definition) is 3. The number of carbonyl (C=O) groups excluding carboxylic acids is 1. The van der Waals surface area contributed by atoms with Crippen LogP contribution in [0.3, 0.4) is 0 Å². The van der Waals surface area contributed by atoms with Gasteiger partial charge in [0.05, 0.1) is 22.6 Å². The summed E-state index contributed by atoms with van der Waals surface area (Å²) in [7, 11) is 0. The molecule has 1 aromatic carbocycles. The SMILES string of the molecule is CC1(n2c(NC(=O)CC(C)(C)C(F)(F)F)nc3c(F)cc(C#N)cc32)CCC1. The molecule has 0 aliphatic heterocycles. The number of hydrogen-bond donors (Lipinski definition) is 1. The molecular weight excluding hydrogens is 376 g/mol. The van der Waals surface area contributed by atoms with Crippen LogP contribution in [0.15, 0.2) is 12.1 Å². The van der Waals surface area contributed by atoms with Crippen LogP contribution in [0.4, 0.5) is 23.5 Å². The summed E-state index contributed by atoms with van der Waals surface area (Å²) in [6.07, 6.45) is -2.92. The van der Waals surface area contributed by atoms with Gasteiger partial charge in [-0.05, 0) is 38.3 Å². The summed E-state index contributed by atoms with van der Waals surface area (Å²) in [5, 5.41) is 11.6. The number of imidazole rings is 1. The van der Waals surface area contributed by atoms with Crippen LogP contribution in [0.5, 0.6) is 0 Å². The number of benzene rings is 1. The Morgan fingerprint density at radius 1 is 1.36 bits per heavy atom. The number of nitrogens with zero attached hydrogens (tertiary/aromatic N) is 3. The van der Waals surface area contributed by atoms with Gasteiger partial charge in [-0.2, -0.15) is 18.4 Å². The third-order valence-electron chi connectivity index (χ3n) is 5.43.